The van der Waals surface area contributed by atoms with Crippen LogP contribution < -0.4 is 10.2 Å². The van der Waals surface area contributed by atoms with E-state index in [1.165, 1.54) is 39.2 Å². The topological polar surface area (TPSA) is 91.1 Å². The molecule has 35 heavy (non-hydrogen) atoms. The molecule has 1 N–H and O–H groups in total. The van der Waals surface area contributed by atoms with Gasteiger partial charge in [0.05, 0.1) is 24.0 Å². The van der Waals surface area contributed by atoms with E-state index in [0.717, 1.165) is 40.6 Å². The van der Waals surface area contributed by atoms with E-state index < -0.39 is 0 Å². The highest BCUT2D eigenvalue weighted by Gasteiger charge is 2.25. The zero-order valence-electron chi connectivity index (χ0n) is 20.5. The van der Waals surface area contributed by atoms with Crippen LogP contribution in [0.3, 0.4) is 0 Å². The zero-order chi connectivity index (χ0) is 24.8. The van der Waals surface area contributed by atoms with Crippen molar-refractivity contribution < 1.29 is 9.53 Å². The van der Waals surface area contributed by atoms with E-state index in [9.17, 15) is 10.1 Å². The maximum atomic E-state index is 12.4. The van der Waals surface area contributed by atoms with E-state index in [0.29, 0.717) is 22.7 Å². The first-order valence-corrected chi connectivity index (χ1v) is 12.9. The van der Waals surface area contributed by atoms with Gasteiger partial charge in [0.25, 0.3) is 0 Å². The van der Waals surface area contributed by atoms with Crippen molar-refractivity contribution in [2.24, 2.45) is 5.92 Å². The summed E-state index contributed by atoms with van der Waals surface area (Å²) < 4.78 is 9.12. The highest BCUT2D eigenvalue weighted by atomic mass is 32.1. The Morgan fingerprint density at radius 3 is 2.69 bits per heavy atom. The molecule has 0 aliphatic heterocycles. The predicted octanol–water partition coefficient (Wildman–Crippen LogP) is 6.40. The van der Waals surface area contributed by atoms with Crippen LogP contribution in [0.2, 0.25) is 0 Å². The van der Waals surface area contributed by atoms with Crippen molar-refractivity contribution in [2.75, 3.05) is 23.9 Å². The number of esters is 1. The first-order chi connectivity index (χ1) is 17.0. The van der Waals surface area contributed by atoms with Gasteiger partial charge in [-0.15, -0.1) is 0 Å². The van der Waals surface area contributed by atoms with Gasteiger partial charge in [-0.05, 0) is 48.1 Å². The second-order valence-electron chi connectivity index (χ2n) is 9.27. The van der Waals surface area contributed by atoms with Crippen LogP contribution in [0.4, 0.5) is 16.5 Å². The lowest BCUT2D eigenvalue weighted by atomic mass is 9.92. The summed E-state index contributed by atoms with van der Waals surface area (Å²) in [5, 5.41) is 13.2. The minimum atomic E-state index is -0.370. The SMILES string of the molecule is COC(=O)c1ccccc1-c1ccc(N(CC(C)C)C2CCCCC2)c(Nc2nc(C#N)ns2)c1. The smallest absolute Gasteiger partial charge is 0.338 e. The molecule has 0 bridgehead atoms. The molecule has 1 heterocycles. The molecule has 1 aliphatic rings. The Kier molecular flexibility index (Phi) is 7.98. The van der Waals surface area contributed by atoms with Crippen molar-refractivity contribution in [1.82, 2.24) is 9.36 Å². The maximum absolute atomic E-state index is 12.4. The Bertz CT molecular complexity index is 1210. The van der Waals surface area contributed by atoms with Gasteiger partial charge in [0, 0.05) is 24.1 Å². The van der Waals surface area contributed by atoms with Crippen LogP contribution >= 0.6 is 11.5 Å². The average Bonchev–Trinajstić information content (AvgIpc) is 3.35. The first-order valence-electron chi connectivity index (χ1n) is 12.1. The van der Waals surface area contributed by atoms with Crippen LogP contribution in [0.15, 0.2) is 42.5 Å². The third-order valence-electron chi connectivity index (χ3n) is 6.29. The second kappa shape index (κ2) is 11.3. The van der Waals surface area contributed by atoms with E-state index >= 15 is 0 Å². The summed E-state index contributed by atoms with van der Waals surface area (Å²) in [4.78, 5) is 19.3. The van der Waals surface area contributed by atoms with Crippen LogP contribution in [0.5, 0.6) is 0 Å². The highest BCUT2D eigenvalue weighted by Crippen LogP contribution is 2.38. The predicted molar refractivity (Wildman–Crippen MR) is 140 cm³/mol. The van der Waals surface area contributed by atoms with E-state index in [1.807, 2.05) is 24.3 Å². The van der Waals surface area contributed by atoms with Crippen molar-refractivity contribution in [3.8, 4) is 17.2 Å². The summed E-state index contributed by atoms with van der Waals surface area (Å²) in [5.74, 6) is 0.277. The van der Waals surface area contributed by atoms with Gasteiger partial charge in [-0.1, -0.05) is 57.4 Å². The standard InChI is InChI=1S/C27H31N5O2S/c1-18(2)17-32(20-9-5-4-6-10-20)24-14-13-19(21-11-7-8-12-22(21)26(33)34-3)15-23(24)29-27-30-25(16-28)31-35-27/h7-8,11-15,18,20H,4-6,9-10,17H2,1-3H3,(H,29,30,31). The number of rotatable bonds is 8. The molecule has 0 atom stereocenters. The molecular formula is C27H31N5O2S. The minimum absolute atomic E-state index is 0.151. The number of carbonyl (C=O) groups is 1. The molecule has 4 rings (SSSR count). The molecule has 8 heteroatoms. The van der Waals surface area contributed by atoms with Crippen molar-refractivity contribution >= 4 is 34.0 Å². The number of nitrogens with zero attached hydrogens (tertiary/aromatic N) is 4. The van der Waals surface area contributed by atoms with Crippen LogP contribution in [0.1, 0.15) is 62.1 Å². The van der Waals surface area contributed by atoms with Crippen LogP contribution in [0, 0.1) is 17.2 Å². The quantitative estimate of drug-likeness (QED) is 0.366. The Labute approximate surface area is 210 Å². The fourth-order valence-corrected chi connectivity index (χ4v) is 5.28. The number of benzene rings is 2. The van der Waals surface area contributed by atoms with Gasteiger partial charge < -0.3 is 15.0 Å². The van der Waals surface area contributed by atoms with Crippen molar-refractivity contribution in [3.05, 3.63) is 53.9 Å². The van der Waals surface area contributed by atoms with Crippen molar-refractivity contribution in [1.29, 1.82) is 5.26 Å². The zero-order valence-corrected chi connectivity index (χ0v) is 21.3. The maximum Gasteiger partial charge on any atom is 0.338 e. The minimum Gasteiger partial charge on any atom is -0.465 e. The Hall–Kier alpha value is -3.44. The fourth-order valence-electron chi connectivity index (χ4n) is 4.74. The second-order valence-corrected chi connectivity index (χ2v) is 10.0. The molecule has 1 aliphatic carbocycles. The lowest BCUT2D eigenvalue weighted by molar-refractivity contribution is 0.0601. The molecule has 0 amide bonds. The third-order valence-corrected chi connectivity index (χ3v) is 6.92. The van der Waals surface area contributed by atoms with Gasteiger partial charge in [0.1, 0.15) is 6.07 Å². The summed E-state index contributed by atoms with van der Waals surface area (Å²) in [6, 6.07) is 16.2. The number of nitrogens with one attached hydrogen (secondary N) is 1. The van der Waals surface area contributed by atoms with Gasteiger partial charge in [-0.3, -0.25) is 0 Å². The van der Waals surface area contributed by atoms with Crippen LogP contribution in [-0.4, -0.2) is 35.0 Å². The largest absolute Gasteiger partial charge is 0.465 e. The monoisotopic (exact) mass is 489 g/mol. The molecule has 1 fully saturated rings. The average molecular weight is 490 g/mol. The molecule has 0 saturated heterocycles. The molecule has 0 unspecified atom stereocenters. The molecule has 2 aromatic carbocycles. The van der Waals surface area contributed by atoms with Gasteiger partial charge in [0.2, 0.25) is 11.0 Å². The van der Waals surface area contributed by atoms with E-state index in [-0.39, 0.29) is 11.8 Å². The Balaban J connectivity index is 1.81. The lowest BCUT2D eigenvalue weighted by Gasteiger charge is -2.38. The van der Waals surface area contributed by atoms with Crippen molar-refractivity contribution in [2.45, 2.75) is 52.0 Å². The summed E-state index contributed by atoms with van der Waals surface area (Å²) in [6.45, 7) is 5.43. The first kappa shape index (κ1) is 24.7. The number of carbonyl (C=O) groups excluding carboxylic acids is 1. The van der Waals surface area contributed by atoms with Crippen LogP contribution in [0.25, 0.3) is 11.1 Å². The lowest BCUT2D eigenvalue weighted by Crippen LogP contribution is -2.39. The molecule has 0 spiro atoms. The third kappa shape index (κ3) is 5.80. The number of nitriles is 1. The number of ether oxygens (including phenoxy) is 1. The molecule has 0 radical (unpaired) electrons. The number of anilines is 3. The molecular weight excluding hydrogens is 458 g/mol. The summed E-state index contributed by atoms with van der Waals surface area (Å²) in [5.41, 5.74) is 4.20. The highest BCUT2D eigenvalue weighted by molar-refractivity contribution is 7.09. The molecule has 182 valence electrons. The van der Waals surface area contributed by atoms with Gasteiger partial charge in [0.15, 0.2) is 0 Å². The Morgan fingerprint density at radius 1 is 1.23 bits per heavy atom. The van der Waals surface area contributed by atoms with Crippen molar-refractivity contribution in [3.63, 3.8) is 0 Å². The van der Waals surface area contributed by atoms with Gasteiger partial charge >= 0.3 is 5.97 Å². The van der Waals surface area contributed by atoms with Gasteiger partial charge in [-0.25, -0.2) is 4.79 Å². The van der Waals surface area contributed by atoms with E-state index in [2.05, 4.69) is 51.6 Å². The van der Waals surface area contributed by atoms with Crippen LogP contribution in [-0.2, 0) is 4.74 Å². The summed E-state index contributed by atoms with van der Waals surface area (Å²) in [7, 11) is 1.39. The summed E-state index contributed by atoms with van der Waals surface area (Å²) >= 11 is 1.16. The normalized spacial score (nSPS) is 13.9. The number of hydrogen-bond acceptors (Lipinski definition) is 8. The number of methoxy groups -OCH3 is 1. The van der Waals surface area contributed by atoms with E-state index in [4.69, 9.17) is 4.74 Å². The molecule has 1 saturated carbocycles. The molecule has 7 nitrogen and oxygen atoms in total. The Morgan fingerprint density at radius 2 is 2.00 bits per heavy atom. The fraction of sp³-hybridized carbons (Fsp3) is 0.407. The summed E-state index contributed by atoms with van der Waals surface area (Å²) in [6.07, 6.45) is 6.14. The number of hydrogen-bond donors (Lipinski definition) is 1. The van der Waals surface area contributed by atoms with E-state index in [1.54, 1.807) is 6.07 Å². The molecule has 1 aromatic heterocycles. The van der Waals surface area contributed by atoms with Gasteiger partial charge in [-0.2, -0.15) is 14.6 Å². The number of aromatic nitrogens is 2. The molecule has 3 aromatic rings.